The lowest BCUT2D eigenvalue weighted by atomic mass is 9.75. The summed E-state index contributed by atoms with van der Waals surface area (Å²) in [5.74, 6) is 1.68. The van der Waals surface area contributed by atoms with Crippen LogP contribution in [0.15, 0.2) is 4.99 Å². The van der Waals surface area contributed by atoms with Crippen molar-refractivity contribution < 1.29 is 0 Å². The molecule has 0 amide bonds. The van der Waals surface area contributed by atoms with Crippen molar-refractivity contribution in [3.05, 3.63) is 17.0 Å². The Kier molecular flexibility index (Phi) is 7.32. The van der Waals surface area contributed by atoms with Crippen LogP contribution in [0.5, 0.6) is 0 Å². The molecule has 0 aliphatic heterocycles. The van der Waals surface area contributed by atoms with Crippen molar-refractivity contribution in [2.24, 2.45) is 18.0 Å². The third-order valence-corrected chi connectivity index (χ3v) is 6.38. The highest BCUT2D eigenvalue weighted by molar-refractivity contribution is 5.80. The summed E-state index contributed by atoms with van der Waals surface area (Å²) in [4.78, 5) is 6.88. The van der Waals surface area contributed by atoms with Crippen molar-refractivity contribution in [3.63, 3.8) is 0 Å². The maximum absolute atomic E-state index is 4.53. The van der Waals surface area contributed by atoms with Crippen LogP contribution < -0.4 is 10.6 Å². The zero-order chi connectivity index (χ0) is 20.2. The van der Waals surface area contributed by atoms with E-state index >= 15 is 0 Å². The molecule has 6 heteroatoms. The molecule has 1 heterocycles. The number of guanidine groups is 1. The number of hydrogen-bond acceptors (Lipinski definition) is 3. The summed E-state index contributed by atoms with van der Waals surface area (Å²) in [6, 6.07) is 0.290. The molecule has 0 aromatic carbocycles. The molecule has 0 bridgehead atoms. The van der Waals surface area contributed by atoms with Gasteiger partial charge in [0.25, 0.3) is 0 Å². The van der Waals surface area contributed by atoms with Crippen molar-refractivity contribution in [3.8, 4) is 0 Å². The van der Waals surface area contributed by atoms with Crippen molar-refractivity contribution in [2.75, 3.05) is 27.7 Å². The number of nitrogens with zero attached hydrogens (tertiary/aromatic N) is 4. The number of aryl methyl sites for hydroxylation is 2. The Morgan fingerprint density at radius 1 is 1.41 bits per heavy atom. The van der Waals surface area contributed by atoms with E-state index in [4.69, 9.17) is 0 Å². The molecule has 3 unspecified atom stereocenters. The molecule has 1 aromatic rings. The van der Waals surface area contributed by atoms with Crippen molar-refractivity contribution in [2.45, 2.75) is 71.4 Å². The summed E-state index contributed by atoms with van der Waals surface area (Å²) in [5, 5.41) is 11.7. The summed E-state index contributed by atoms with van der Waals surface area (Å²) in [6.07, 6.45) is 6.10. The van der Waals surface area contributed by atoms with Crippen LogP contribution >= 0.6 is 0 Å². The molecule has 1 fully saturated rings. The van der Waals surface area contributed by atoms with Gasteiger partial charge in [0.15, 0.2) is 5.96 Å². The normalized spacial score (nSPS) is 24.9. The van der Waals surface area contributed by atoms with Crippen LogP contribution in [0.25, 0.3) is 0 Å². The van der Waals surface area contributed by atoms with Crippen LogP contribution in [-0.2, 0) is 13.5 Å². The average molecular weight is 377 g/mol. The summed E-state index contributed by atoms with van der Waals surface area (Å²) in [6.45, 7) is 9.75. The van der Waals surface area contributed by atoms with E-state index in [2.05, 4.69) is 67.4 Å². The molecule has 3 atom stereocenters. The first kappa shape index (κ1) is 21.7. The first-order chi connectivity index (χ1) is 12.7. The summed E-state index contributed by atoms with van der Waals surface area (Å²) >= 11 is 0. The molecule has 1 saturated carbocycles. The molecular weight excluding hydrogens is 336 g/mol. The highest BCUT2D eigenvalue weighted by atomic mass is 15.3. The van der Waals surface area contributed by atoms with Gasteiger partial charge in [-0.25, -0.2) is 0 Å². The van der Waals surface area contributed by atoms with E-state index in [1.807, 2.05) is 18.8 Å². The van der Waals surface area contributed by atoms with Gasteiger partial charge in [-0.15, -0.1) is 0 Å². The minimum atomic E-state index is 0.217. The predicted molar refractivity (Wildman–Crippen MR) is 114 cm³/mol. The second-order valence-corrected chi connectivity index (χ2v) is 8.77. The lowest BCUT2D eigenvalue weighted by Crippen LogP contribution is -2.57. The molecule has 0 radical (unpaired) electrons. The largest absolute Gasteiger partial charge is 0.355 e. The lowest BCUT2D eigenvalue weighted by Gasteiger charge is -2.45. The van der Waals surface area contributed by atoms with Gasteiger partial charge < -0.3 is 15.5 Å². The fourth-order valence-corrected chi connectivity index (χ4v) is 4.50. The molecule has 27 heavy (non-hydrogen) atoms. The van der Waals surface area contributed by atoms with Crippen LogP contribution in [0, 0.1) is 19.8 Å². The van der Waals surface area contributed by atoms with Gasteiger partial charge in [0, 0.05) is 37.9 Å². The van der Waals surface area contributed by atoms with E-state index in [1.165, 1.54) is 36.9 Å². The third-order valence-electron chi connectivity index (χ3n) is 6.38. The number of nitrogens with one attached hydrogen (secondary N) is 2. The maximum atomic E-state index is 4.53. The quantitative estimate of drug-likeness (QED) is 0.592. The molecule has 0 spiro atoms. The Morgan fingerprint density at radius 3 is 2.63 bits per heavy atom. The minimum Gasteiger partial charge on any atom is -0.355 e. The average Bonchev–Trinajstić information content (AvgIpc) is 2.84. The summed E-state index contributed by atoms with van der Waals surface area (Å²) in [5.41, 5.74) is 3.91. The molecule has 6 nitrogen and oxygen atoms in total. The van der Waals surface area contributed by atoms with E-state index in [0.717, 1.165) is 30.5 Å². The topological polar surface area (TPSA) is 57.5 Å². The first-order valence-electron chi connectivity index (χ1n) is 10.3. The maximum Gasteiger partial charge on any atom is 0.191 e. The zero-order valence-electron chi connectivity index (χ0n) is 18.7. The Hall–Kier alpha value is -1.56. The Bertz CT molecular complexity index is 647. The Morgan fingerprint density at radius 2 is 2.11 bits per heavy atom. The molecule has 154 valence electrons. The molecule has 1 aromatic heterocycles. The number of aromatic nitrogens is 2. The number of rotatable bonds is 6. The monoisotopic (exact) mass is 376 g/mol. The van der Waals surface area contributed by atoms with E-state index in [0.29, 0.717) is 6.04 Å². The predicted octanol–water partition coefficient (Wildman–Crippen LogP) is 2.64. The van der Waals surface area contributed by atoms with Crippen molar-refractivity contribution in [1.29, 1.82) is 0 Å². The van der Waals surface area contributed by atoms with Crippen LogP contribution in [0.4, 0.5) is 0 Å². The third kappa shape index (κ3) is 5.24. The molecule has 1 aliphatic carbocycles. The standard InChI is InChI=1S/C21H40N6/c1-15-10-9-11-21(13-15,26(6)7)14-23-20(22-5)24-16(2)12-19-17(3)25-27(8)18(19)4/h15-16H,9-14H2,1-8H3,(H2,22,23,24). The first-order valence-corrected chi connectivity index (χ1v) is 10.3. The van der Waals surface area contributed by atoms with E-state index < -0.39 is 0 Å². The van der Waals surface area contributed by atoms with Crippen LogP contribution in [0.3, 0.4) is 0 Å². The fraction of sp³-hybridized carbons (Fsp3) is 0.810. The second kappa shape index (κ2) is 9.09. The van der Waals surface area contributed by atoms with Gasteiger partial charge in [0.2, 0.25) is 0 Å². The summed E-state index contributed by atoms with van der Waals surface area (Å²) in [7, 11) is 8.30. The van der Waals surface area contributed by atoms with Gasteiger partial charge in [-0.1, -0.05) is 19.8 Å². The SMILES string of the molecule is CN=C(NCC1(N(C)C)CCCC(C)C1)NC(C)Cc1c(C)nn(C)c1C. The summed E-state index contributed by atoms with van der Waals surface area (Å²) < 4.78 is 1.97. The lowest BCUT2D eigenvalue weighted by molar-refractivity contribution is 0.0795. The number of likely N-dealkylation sites (N-methyl/N-ethyl adjacent to an activating group) is 1. The number of aliphatic imine (C=N–C) groups is 1. The molecule has 2 N–H and O–H groups in total. The highest BCUT2D eigenvalue weighted by Gasteiger charge is 2.37. The Balaban J connectivity index is 1.96. The van der Waals surface area contributed by atoms with Gasteiger partial charge in [-0.3, -0.25) is 9.67 Å². The molecule has 2 rings (SSSR count). The van der Waals surface area contributed by atoms with Crippen molar-refractivity contribution in [1.82, 2.24) is 25.3 Å². The van der Waals surface area contributed by atoms with Crippen molar-refractivity contribution >= 4 is 5.96 Å². The van der Waals surface area contributed by atoms with Crippen LogP contribution in [0.1, 0.15) is 56.5 Å². The van der Waals surface area contributed by atoms with Gasteiger partial charge >= 0.3 is 0 Å². The molecular formula is C21H40N6. The van der Waals surface area contributed by atoms with Gasteiger partial charge in [-0.2, -0.15) is 5.10 Å². The second-order valence-electron chi connectivity index (χ2n) is 8.77. The van der Waals surface area contributed by atoms with E-state index in [1.54, 1.807) is 0 Å². The van der Waals surface area contributed by atoms with Crippen LogP contribution in [0.2, 0.25) is 0 Å². The zero-order valence-corrected chi connectivity index (χ0v) is 18.7. The van der Waals surface area contributed by atoms with Gasteiger partial charge in [0.05, 0.1) is 5.69 Å². The van der Waals surface area contributed by atoms with Crippen LogP contribution in [-0.4, -0.2) is 59.9 Å². The van der Waals surface area contributed by atoms with E-state index in [-0.39, 0.29) is 5.54 Å². The fourth-order valence-electron chi connectivity index (χ4n) is 4.50. The highest BCUT2D eigenvalue weighted by Crippen LogP contribution is 2.35. The Labute approximate surface area is 165 Å². The number of hydrogen-bond donors (Lipinski definition) is 2. The van der Waals surface area contributed by atoms with E-state index in [9.17, 15) is 0 Å². The molecule has 1 aliphatic rings. The van der Waals surface area contributed by atoms with Gasteiger partial charge in [0.1, 0.15) is 0 Å². The smallest absolute Gasteiger partial charge is 0.191 e. The minimum absolute atomic E-state index is 0.217. The molecule has 0 saturated heterocycles. The van der Waals surface area contributed by atoms with Gasteiger partial charge in [-0.05, 0) is 65.6 Å².